The van der Waals surface area contributed by atoms with Gasteiger partial charge in [-0.15, -0.1) is 5.10 Å². The van der Waals surface area contributed by atoms with Crippen LogP contribution in [0.1, 0.15) is 5.56 Å². The Hall–Kier alpha value is -3.04. The molecule has 0 spiro atoms. The van der Waals surface area contributed by atoms with Crippen LogP contribution in [0.4, 0.5) is 5.69 Å². The molecule has 0 aliphatic rings. The van der Waals surface area contributed by atoms with Crippen LogP contribution in [0.5, 0.6) is 0 Å². The number of rotatable bonds is 3. The second-order valence-corrected chi connectivity index (χ2v) is 3.15. The van der Waals surface area contributed by atoms with Gasteiger partial charge in [-0.05, 0) is 6.07 Å². The molecule has 0 unspecified atom stereocenters. The van der Waals surface area contributed by atoms with Crippen LogP contribution in [0.25, 0.3) is 5.82 Å². The molecule has 10 heteroatoms. The van der Waals surface area contributed by atoms with Crippen LogP contribution in [0.3, 0.4) is 0 Å². The highest BCUT2D eigenvalue weighted by molar-refractivity contribution is 5.99. The SMILES string of the molecule is N/C(=N/O)c1ccnnc1-n1cc([N+](=O)[O-])cn1. The van der Waals surface area contributed by atoms with Crippen LogP contribution < -0.4 is 5.73 Å². The van der Waals surface area contributed by atoms with Crippen molar-refractivity contribution in [3.8, 4) is 5.82 Å². The molecular weight excluding hydrogens is 242 g/mol. The predicted octanol–water partition coefficient (Wildman–Crippen LogP) is -0.335. The van der Waals surface area contributed by atoms with Crippen LogP contribution in [-0.4, -0.2) is 35.9 Å². The minimum atomic E-state index is -0.594. The van der Waals surface area contributed by atoms with E-state index >= 15 is 0 Å². The molecule has 2 aromatic rings. The molecule has 0 aliphatic heterocycles. The number of oxime groups is 1. The van der Waals surface area contributed by atoms with Crippen molar-refractivity contribution in [1.82, 2.24) is 20.0 Å². The number of nitrogens with two attached hydrogens (primary N) is 1. The third-order valence-electron chi connectivity index (χ3n) is 2.08. The van der Waals surface area contributed by atoms with Crippen molar-refractivity contribution in [2.24, 2.45) is 10.9 Å². The first-order valence-electron chi connectivity index (χ1n) is 4.62. The van der Waals surface area contributed by atoms with Gasteiger partial charge in [0.1, 0.15) is 12.4 Å². The number of hydrogen-bond donors (Lipinski definition) is 2. The van der Waals surface area contributed by atoms with Crippen molar-refractivity contribution < 1.29 is 10.1 Å². The minimum absolute atomic E-state index is 0.126. The number of hydrogen-bond acceptors (Lipinski definition) is 7. The fraction of sp³-hybridized carbons (Fsp3) is 0. The highest BCUT2D eigenvalue weighted by Crippen LogP contribution is 2.14. The summed E-state index contributed by atoms with van der Waals surface area (Å²) in [5.41, 5.74) is 5.51. The third-order valence-corrected chi connectivity index (χ3v) is 2.08. The fourth-order valence-electron chi connectivity index (χ4n) is 1.27. The average molecular weight is 249 g/mol. The standard InChI is InChI=1S/C8H7N7O3/c9-7(13-16)6-1-2-10-12-8(6)14-4-5(3-11-14)15(17)18/h1-4,16H,(H2,9,13). The maximum atomic E-state index is 10.5. The van der Waals surface area contributed by atoms with Crippen molar-refractivity contribution in [2.75, 3.05) is 0 Å². The second kappa shape index (κ2) is 4.45. The summed E-state index contributed by atoms with van der Waals surface area (Å²) in [4.78, 5) is 9.95. The molecule has 0 atom stereocenters. The van der Waals surface area contributed by atoms with Gasteiger partial charge in [-0.1, -0.05) is 5.16 Å². The van der Waals surface area contributed by atoms with Gasteiger partial charge in [0.25, 0.3) is 0 Å². The quantitative estimate of drug-likeness (QED) is 0.249. The lowest BCUT2D eigenvalue weighted by atomic mass is 10.2. The van der Waals surface area contributed by atoms with Gasteiger partial charge >= 0.3 is 5.69 Å². The molecule has 2 heterocycles. The molecule has 2 rings (SSSR count). The number of aromatic nitrogens is 4. The molecular formula is C8H7N7O3. The van der Waals surface area contributed by atoms with Crippen LogP contribution >= 0.6 is 0 Å². The van der Waals surface area contributed by atoms with E-state index in [0.29, 0.717) is 0 Å². The number of amidine groups is 1. The van der Waals surface area contributed by atoms with Crippen molar-refractivity contribution in [1.29, 1.82) is 0 Å². The van der Waals surface area contributed by atoms with Gasteiger partial charge < -0.3 is 10.9 Å². The van der Waals surface area contributed by atoms with Crippen LogP contribution in [-0.2, 0) is 0 Å². The van der Waals surface area contributed by atoms with Gasteiger partial charge in [-0.3, -0.25) is 10.1 Å². The summed E-state index contributed by atoms with van der Waals surface area (Å²) >= 11 is 0. The molecule has 0 aromatic carbocycles. The summed E-state index contributed by atoms with van der Waals surface area (Å²) in [7, 11) is 0. The molecule has 0 bridgehead atoms. The van der Waals surface area contributed by atoms with Crippen molar-refractivity contribution in [3.05, 3.63) is 40.3 Å². The molecule has 0 saturated carbocycles. The monoisotopic (exact) mass is 249 g/mol. The van der Waals surface area contributed by atoms with E-state index in [1.54, 1.807) is 0 Å². The van der Waals surface area contributed by atoms with Crippen molar-refractivity contribution in [3.63, 3.8) is 0 Å². The van der Waals surface area contributed by atoms with Gasteiger partial charge in [-0.2, -0.15) is 10.2 Å². The maximum absolute atomic E-state index is 10.5. The summed E-state index contributed by atoms with van der Waals surface area (Å²) in [6.07, 6.45) is 3.55. The molecule has 0 fully saturated rings. The fourth-order valence-corrected chi connectivity index (χ4v) is 1.27. The van der Waals surface area contributed by atoms with E-state index in [2.05, 4.69) is 20.5 Å². The summed E-state index contributed by atoms with van der Waals surface area (Å²) in [5, 5.41) is 33.1. The zero-order valence-corrected chi connectivity index (χ0v) is 8.83. The molecule has 10 nitrogen and oxygen atoms in total. The first-order chi connectivity index (χ1) is 8.63. The van der Waals surface area contributed by atoms with E-state index in [0.717, 1.165) is 17.1 Å². The van der Waals surface area contributed by atoms with Crippen LogP contribution in [0.2, 0.25) is 0 Å². The Labute approximate surface area is 99.5 Å². The van der Waals surface area contributed by atoms with Gasteiger partial charge in [0.05, 0.1) is 16.7 Å². The second-order valence-electron chi connectivity index (χ2n) is 3.15. The predicted molar refractivity (Wildman–Crippen MR) is 58.3 cm³/mol. The van der Waals surface area contributed by atoms with E-state index in [9.17, 15) is 10.1 Å². The van der Waals surface area contributed by atoms with E-state index in [4.69, 9.17) is 10.9 Å². The lowest BCUT2D eigenvalue weighted by Gasteiger charge is -2.04. The molecule has 2 aromatic heterocycles. The number of nitrogens with zero attached hydrogens (tertiary/aromatic N) is 6. The molecule has 0 aliphatic carbocycles. The van der Waals surface area contributed by atoms with E-state index in [1.807, 2.05) is 0 Å². The minimum Gasteiger partial charge on any atom is -0.409 e. The normalized spacial score (nSPS) is 11.4. The lowest BCUT2D eigenvalue weighted by molar-refractivity contribution is -0.384. The lowest BCUT2D eigenvalue weighted by Crippen LogP contribution is -2.18. The Bertz CT molecular complexity index is 621. The highest BCUT2D eigenvalue weighted by Gasteiger charge is 2.15. The Morgan fingerprint density at radius 1 is 1.61 bits per heavy atom. The van der Waals surface area contributed by atoms with E-state index < -0.39 is 4.92 Å². The van der Waals surface area contributed by atoms with E-state index in [1.165, 1.54) is 12.3 Å². The molecule has 0 saturated heterocycles. The molecule has 18 heavy (non-hydrogen) atoms. The summed E-state index contributed by atoms with van der Waals surface area (Å²) < 4.78 is 1.12. The highest BCUT2D eigenvalue weighted by atomic mass is 16.6. The van der Waals surface area contributed by atoms with Gasteiger partial charge in [0, 0.05) is 0 Å². The largest absolute Gasteiger partial charge is 0.409 e. The van der Waals surface area contributed by atoms with Gasteiger partial charge in [0.2, 0.25) is 0 Å². The molecule has 0 radical (unpaired) electrons. The number of nitro groups is 1. The van der Waals surface area contributed by atoms with Gasteiger partial charge in [-0.25, -0.2) is 4.68 Å². The zero-order chi connectivity index (χ0) is 13.1. The molecule has 3 N–H and O–H groups in total. The first-order valence-corrected chi connectivity index (χ1v) is 4.62. The van der Waals surface area contributed by atoms with Crippen LogP contribution in [0.15, 0.2) is 29.8 Å². The Balaban J connectivity index is 2.53. The topological polar surface area (TPSA) is 145 Å². The van der Waals surface area contributed by atoms with Crippen molar-refractivity contribution in [2.45, 2.75) is 0 Å². The average Bonchev–Trinajstić information content (AvgIpc) is 2.87. The Kier molecular flexibility index (Phi) is 2.83. The van der Waals surface area contributed by atoms with Gasteiger partial charge in [0.15, 0.2) is 11.7 Å². The zero-order valence-electron chi connectivity index (χ0n) is 8.83. The molecule has 0 amide bonds. The Morgan fingerprint density at radius 3 is 3.00 bits per heavy atom. The van der Waals surface area contributed by atoms with E-state index in [-0.39, 0.29) is 22.9 Å². The van der Waals surface area contributed by atoms with Crippen molar-refractivity contribution >= 4 is 11.5 Å². The maximum Gasteiger partial charge on any atom is 0.307 e. The smallest absolute Gasteiger partial charge is 0.307 e. The molecule has 92 valence electrons. The summed E-state index contributed by atoms with van der Waals surface area (Å²) in [6, 6.07) is 1.45. The van der Waals surface area contributed by atoms with Crippen LogP contribution in [0, 0.1) is 10.1 Å². The summed E-state index contributed by atoms with van der Waals surface area (Å²) in [5.74, 6) is -0.0704. The summed E-state index contributed by atoms with van der Waals surface area (Å²) in [6.45, 7) is 0. The Morgan fingerprint density at radius 2 is 2.39 bits per heavy atom. The first kappa shape index (κ1) is 11.4. The third kappa shape index (κ3) is 1.93.